The molecule has 3 heterocycles. The summed E-state index contributed by atoms with van der Waals surface area (Å²) in [4.78, 5) is 19.9. The van der Waals surface area contributed by atoms with Gasteiger partial charge in [-0.05, 0) is 31.2 Å². The number of halogens is 3. The SMILES string of the molecule is C[C@H](Nc1ncnc2nc[nH]c12)c1cc2cccc(F)c2nc1-c1cc(F)cc(F)c1. The fraction of sp³-hybridized carbons (Fsp3) is 0.0909. The maximum atomic E-state index is 14.4. The highest BCUT2D eigenvalue weighted by Gasteiger charge is 2.19. The zero-order chi connectivity index (χ0) is 21.5. The van der Waals surface area contributed by atoms with Crippen LogP contribution in [0.4, 0.5) is 19.0 Å². The molecule has 0 spiro atoms. The minimum absolute atomic E-state index is 0.121. The van der Waals surface area contributed by atoms with E-state index < -0.39 is 23.5 Å². The topological polar surface area (TPSA) is 79.4 Å². The lowest BCUT2D eigenvalue weighted by atomic mass is 9.98. The third-order valence-corrected chi connectivity index (χ3v) is 5.00. The zero-order valence-electron chi connectivity index (χ0n) is 16.2. The molecule has 0 aliphatic carbocycles. The number of H-pyrrole nitrogens is 1. The van der Waals surface area contributed by atoms with Crippen LogP contribution in [0.2, 0.25) is 0 Å². The number of anilines is 1. The fourth-order valence-electron chi connectivity index (χ4n) is 3.59. The lowest BCUT2D eigenvalue weighted by Gasteiger charge is -2.19. The van der Waals surface area contributed by atoms with E-state index in [0.29, 0.717) is 27.9 Å². The molecule has 0 saturated carbocycles. The Morgan fingerprint density at radius 1 is 0.968 bits per heavy atom. The summed E-state index contributed by atoms with van der Waals surface area (Å²) in [5.41, 5.74) is 2.33. The molecule has 0 fully saturated rings. The molecule has 2 N–H and O–H groups in total. The summed E-state index contributed by atoms with van der Waals surface area (Å²) in [5.74, 6) is -1.50. The van der Waals surface area contributed by atoms with Gasteiger partial charge in [-0.15, -0.1) is 0 Å². The molecule has 0 saturated heterocycles. The van der Waals surface area contributed by atoms with Gasteiger partial charge in [-0.3, -0.25) is 0 Å². The molecule has 0 aliphatic heterocycles. The molecule has 31 heavy (non-hydrogen) atoms. The summed E-state index contributed by atoms with van der Waals surface area (Å²) < 4.78 is 42.3. The number of aromatic amines is 1. The van der Waals surface area contributed by atoms with E-state index in [0.717, 1.165) is 6.07 Å². The molecule has 2 aromatic carbocycles. The number of fused-ring (bicyclic) bond motifs is 2. The summed E-state index contributed by atoms with van der Waals surface area (Å²) in [7, 11) is 0. The van der Waals surface area contributed by atoms with Crippen molar-refractivity contribution in [2.75, 3.05) is 5.32 Å². The Morgan fingerprint density at radius 3 is 2.58 bits per heavy atom. The molecule has 0 unspecified atom stereocenters. The Hall–Kier alpha value is -4.01. The third kappa shape index (κ3) is 3.43. The summed E-state index contributed by atoms with van der Waals surface area (Å²) in [5, 5.41) is 3.83. The van der Waals surface area contributed by atoms with Gasteiger partial charge in [-0.2, -0.15) is 0 Å². The summed E-state index contributed by atoms with van der Waals surface area (Å²) >= 11 is 0. The zero-order valence-corrected chi connectivity index (χ0v) is 16.2. The van der Waals surface area contributed by atoms with E-state index in [2.05, 4.69) is 30.2 Å². The summed E-state index contributed by atoms with van der Waals surface area (Å²) in [6.07, 6.45) is 2.89. The van der Waals surface area contributed by atoms with Gasteiger partial charge in [0.15, 0.2) is 11.5 Å². The van der Waals surface area contributed by atoms with Gasteiger partial charge in [0, 0.05) is 22.6 Å². The van der Waals surface area contributed by atoms with Crippen molar-refractivity contribution in [2.45, 2.75) is 13.0 Å². The Kier molecular flexibility index (Phi) is 4.50. The molecule has 0 aliphatic rings. The van der Waals surface area contributed by atoms with Crippen molar-refractivity contribution in [3.63, 3.8) is 0 Å². The second-order valence-corrected chi connectivity index (χ2v) is 7.09. The number of pyridine rings is 1. The van der Waals surface area contributed by atoms with Crippen molar-refractivity contribution >= 4 is 27.9 Å². The van der Waals surface area contributed by atoms with E-state index in [-0.39, 0.29) is 16.8 Å². The van der Waals surface area contributed by atoms with Crippen LogP contribution in [0, 0.1) is 17.5 Å². The van der Waals surface area contributed by atoms with Crippen molar-refractivity contribution in [1.82, 2.24) is 24.9 Å². The standard InChI is InChI=1S/C22H15F3N6/c1-11(30-22-20-21(27-9-26-20)28-10-29-22)16-7-12-3-2-4-17(25)19(12)31-18(16)13-5-14(23)8-15(24)6-13/h2-11H,1H3,(H2,26,27,28,29,30)/t11-/m0/s1. The van der Waals surface area contributed by atoms with Gasteiger partial charge in [0.25, 0.3) is 0 Å². The van der Waals surface area contributed by atoms with Gasteiger partial charge in [0.1, 0.15) is 34.8 Å². The smallest absolute Gasteiger partial charge is 0.182 e. The number of hydrogen-bond donors (Lipinski definition) is 2. The fourth-order valence-corrected chi connectivity index (χ4v) is 3.59. The third-order valence-electron chi connectivity index (χ3n) is 5.00. The van der Waals surface area contributed by atoms with E-state index in [1.807, 2.05) is 6.92 Å². The van der Waals surface area contributed by atoms with E-state index >= 15 is 0 Å². The monoisotopic (exact) mass is 420 g/mol. The first-order chi connectivity index (χ1) is 15.0. The second kappa shape index (κ2) is 7.35. The van der Waals surface area contributed by atoms with E-state index in [1.165, 1.54) is 30.9 Å². The van der Waals surface area contributed by atoms with Crippen LogP contribution in [-0.2, 0) is 0 Å². The van der Waals surface area contributed by atoms with Crippen LogP contribution in [0.1, 0.15) is 18.5 Å². The molecule has 0 radical (unpaired) electrons. The number of nitrogens with one attached hydrogen (secondary N) is 2. The van der Waals surface area contributed by atoms with Crippen LogP contribution in [-0.4, -0.2) is 24.9 Å². The van der Waals surface area contributed by atoms with Crippen LogP contribution in [0.5, 0.6) is 0 Å². The minimum Gasteiger partial charge on any atom is -0.362 e. The Morgan fingerprint density at radius 2 is 1.77 bits per heavy atom. The van der Waals surface area contributed by atoms with Crippen LogP contribution in [0.3, 0.4) is 0 Å². The quantitative estimate of drug-likeness (QED) is 0.420. The molecule has 154 valence electrons. The van der Waals surface area contributed by atoms with Gasteiger partial charge in [0.05, 0.1) is 18.1 Å². The van der Waals surface area contributed by atoms with Crippen LogP contribution < -0.4 is 5.32 Å². The van der Waals surface area contributed by atoms with Gasteiger partial charge < -0.3 is 10.3 Å². The number of hydrogen-bond acceptors (Lipinski definition) is 5. The van der Waals surface area contributed by atoms with Crippen molar-refractivity contribution in [3.8, 4) is 11.3 Å². The lowest BCUT2D eigenvalue weighted by Crippen LogP contribution is -2.11. The van der Waals surface area contributed by atoms with Crippen LogP contribution in [0.15, 0.2) is 55.1 Å². The Balaban J connectivity index is 1.68. The second-order valence-electron chi connectivity index (χ2n) is 7.09. The highest BCUT2D eigenvalue weighted by atomic mass is 19.1. The lowest BCUT2D eigenvalue weighted by molar-refractivity contribution is 0.584. The first-order valence-corrected chi connectivity index (χ1v) is 9.46. The molecular formula is C22H15F3N6. The average molecular weight is 420 g/mol. The maximum Gasteiger partial charge on any atom is 0.182 e. The number of rotatable bonds is 4. The molecule has 5 rings (SSSR count). The number of benzene rings is 2. The molecule has 0 bridgehead atoms. The van der Waals surface area contributed by atoms with Gasteiger partial charge in [0.2, 0.25) is 0 Å². The minimum atomic E-state index is -0.744. The van der Waals surface area contributed by atoms with Crippen LogP contribution >= 0.6 is 0 Å². The molecular weight excluding hydrogens is 405 g/mol. The largest absolute Gasteiger partial charge is 0.362 e. The molecule has 6 nitrogen and oxygen atoms in total. The maximum absolute atomic E-state index is 14.4. The highest BCUT2D eigenvalue weighted by molar-refractivity contribution is 5.85. The van der Waals surface area contributed by atoms with Crippen molar-refractivity contribution in [1.29, 1.82) is 0 Å². The molecule has 5 aromatic rings. The highest BCUT2D eigenvalue weighted by Crippen LogP contribution is 2.33. The number of imidazole rings is 1. The average Bonchev–Trinajstić information content (AvgIpc) is 3.22. The molecule has 9 heteroatoms. The predicted octanol–water partition coefficient (Wildman–Crippen LogP) is 5.16. The number of para-hydroxylation sites is 1. The molecule has 3 aromatic heterocycles. The van der Waals surface area contributed by atoms with E-state index in [9.17, 15) is 13.2 Å². The van der Waals surface area contributed by atoms with Crippen molar-refractivity contribution < 1.29 is 13.2 Å². The summed E-state index contributed by atoms with van der Waals surface area (Å²) in [6.45, 7) is 1.85. The summed E-state index contributed by atoms with van der Waals surface area (Å²) in [6, 6.07) is 9.09. The van der Waals surface area contributed by atoms with Crippen LogP contribution in [0.25, 0.3) is 33.3 Å². The normalized spacial score (nSPS) is 12.4. The number of aromatic nitrogens is 5. The predicted molar refractivity (Wildman–Crippen MR) is 111 cm³/mol. The van der Waals surface area contributed by atoms with Gasteiger partial charge in [-0.1, -0.05) is 12.1 Å². The Labute approximate surface area is 174 Å². The Bertz CT molecular complexity index is 1410. The number of nitrogens with zero attached hydrogens (tertiary/aromatic N) is 4. The molecule has 1 atom stereocenters. The molecule has 0 amide bonds. The van der Waals surface area contributed by atoms with E-state index in [4.69, 9.17) is 0 Å². The van der Waals surface area contributed by atoms with Gasteiger partial charge >= 0.3 is 0 Å². The van der Waals surface area contributed by atoms with Crippen molar-refractivity contribution in [2.24, 2.45) is 0 Å². The first kappa shape index (κ1) is 19.0. The first-order valence-electron chi connectivity index (χ1n) is 9.46. The van der Waals surface area contributed by atoms with Gasteiger partial charge in [-0.25, -0.2) is 33.1 Å². The van der Waals surface area contributed by atoms with E-state index in [1.54, 1.807) is 18.2 Å². The van der Waals surface area contributed by atoms with Crippen molar-refractivity contribution in [3.05, 3.63) is 78.1 Å².